The van der Waals surface area contributed by atoms with E-state index in [1.165, 1.54) is 6.92 Å². The summed E-state index contributed by atoms with van der Waals surface area (Å²) in [6.45, 7) is 3.18. The topological polar surface area (TPSA) is 37.4 Å². The zero-order valence-corrected chi connectivity index (χ0v) is 12.0. The zero-order valence-electron chi connectivity index (χ0n) is 11.3. The number of carbonyl (C=O) groups excluding carboxylic acids is 2. The Kier molecular flexibility index (Phi) is 4.20. The van der Waals surface area contributed by atoms with Gasteiger partial charge in [-0.15, -0.1) is 0 Å². The molecule has 0 N–H and O–H groups in total. The van der Waals surface area contributed by atoms with Crippen LogP contribution in [-0.4, -0.2) is 11.8 Å². The summed E-state index contributed by atoms with van der Waals surface area (Å²) < 4.78 is 0. The van der Waals surface area contributed by atoms with Crippen LogP contribution >= 0.6 is 11.6 Å². The molecule has 0 atom stereocenters. The Morgan fingerprint density at radius 1 is 1.00 bits per heavy atom. The van der Waals surface area contributed by atoms with Gasteiger partial charge in [-0.25, -0.2) is 4.90 Å². The fourth-order valence-electron chi connectivity index (χ4n) is 1.99. The third-order valence-electron chi connectivity index (χ3n) is 2.99. The number of nitrogens with zero attached hydrogens (tertiary/aromatic N) is 1. The predicted octanol–water partition coefficient (Wildman–Crippen LogP) is 3.84. The van der Waals surface area contributed by atoms with Gasteiger partial charge in [0, 0.05) is 12.5 Å². The van der Waals surface area contributed by atoms with Gasteiger partial charge in [0.2, 0.25) is 5.91 Å². The van der Waals surface area contributed by atoms with Gasteiger partial charge in [0.05, 0.1) is 10.7 Å². The summed E-state index contributed by atoms with van der Waals surface area (Å²) >= 11 is 6.09. The van der Waals surface area contributed by atoms with E-state index < -0.39 is 0 Å². The van der Waals surface area contributed by atoms with Crippen molar-refractivity contribution in [2.45, 2.75) is 13.8 Å². The fourth-order valence-corrected chi connectivity index (χ4v) is 2.21. The van der Waals surface area contributed by atoms with Crippen LogP contribution in [0.5, 0.6) is 0 Å². The van der Waals surface area contributed by atoms with Crippen LogP contribution in [0.4, 0.5) is 5.69 Å². The van der Waals surface area contributed by atoms with Crippen LogP contribution in [-0.2, 0) is 4.79 Å². The first-order valence-electron chi connectivity index (χ1n) is 6.17. The highest BCUT2D eigenvalue weighted by molar-refractivity contribution is 6.35. The van der Waals surface area contributed by atoms with Gasteiger partial charge in [0.15, 0.2) is 0 Å². The van der Waals surface area contributed by atoms with E-state index in [0.717, 1.165) is 10.5 Å². The summed E-state index contributed by atoms with van der Waals surface area (Å²) in [7, 11) is 0. The van der Waals surface area contributed by atoms with Crippen LogP contribution in [0.15, 0.2) is 48.5 Å². The Balaban J connectivity index is 2.51. The largest absolute Gasteiger partial charge is 0.274 e. The maximum absolute atomic E-state index is 12.6. The standard InChI is InChI=1S/C16H14ClNO2/c1-11-7-3-4-8-13(11)16(20)18(12(2)19)15-10-6-5-9-14(15)17/h3-10H,1-2H3. The fraction of sp³-hybridized carbons (Fsp3) is 0.125. The number of imide groups is 1. The van der Waals surface area contributed by atoms with Crippen LogP contribution < -0.4 is 4.90 Å². The molecule has 0 aromatic heterocycles. The lowest BCUT2D eigenvalue weighted by Crippen LogP contribution is -2.35. The molecule has 2 aromatic rings. The SMILES string of the molecule is CC(=O)N(C(=O)c1ccccc1C)c1ccccc1Cl. The van der Waals surface area contributed by atoms with Gasteiger partial charge in [0.25, 0.3) is 5.91 Å². The first kappa shape index (κ1) is 14.3. The van der Waals surface area contributed by atoms with E-state index in [0.29, 0.717) is 16.3 Å². The monoisotopic (exact) mass is 287 g/mol. The van der Waals surface area contributed by atoms with Crippen molar-refractivity contribution in [2.75, 3.05) is 4.90 Å². The number of amides is 2. The molecule has 0 saturated heterocycles. The number of carbonyl (C=O) groups is 2. The van der Waals surface area contributed by atoms with E-state index in [9.17, 15) is 9.59 Å². The molecule has 2 amide bonds. The van der Waals surface area contributed by atoms with Gasteiger partial charge in [-0.1, -0.05) is 41.9 Å². The molecule has 0 aliphatic heterocycles. The molecule has 0 fully saturated rings. The van der Waals surface area contributed by atoms with Gasteiger partial charge in [-0.05, 0) is 30.7 Å². The number of hydrogen-bond acceptors (Lipinski definition) is 2. The molecule has 2 rings (SSSR count). The van der Waals surface area contributed by atoms with Crippen molar-refractivity contribution >= 4 is 29.1 Å². The number of anilines is 1. The number of rotatable bonds is 2. The summed E-state index contributed by atoms with van der Waals surface area (Å²) in [5.74, 6) is -0.741. The number of halogens is 1. The Hall–Kier alpha value is -2.13. The number of para-hydroxylation sites is 1. The highest BCUT2D eigenvalue weighted by Crippen LogP contribution is 2.27. The normalized spacial score (nSPS) is 10.2. The van der Waals surface area contributed by atoms with Crippen LogP contribution in [0.2, 0.25) is 5.02 Å². The molecule has 102 valence electrons. The summed E-state index contributed by atoms with van der Waals surface area (Å²) in [6.07, 6.45) is 0. The highest BCUT2D eigenvalue weighted by atomic mass is 35.5. The van der Waals surface area contributed by atoms with Crippen LogP contribution in [0.25, 0.3) is 0 Å². The summed E-state index contributed by atoms with van der Waals surface area (Å²) in [5, 5.41) is 0.365. The van der Waals surface area contributed by atoms with E-state index in [4.69, 9.17) is 11.6 Å². The average molecular weight is 288 g/mol. The van der Waals surface area contributed by atoms with Crippen molar-refractivity contribution in [3.63, 3.8) is 0 Å². The summed E-state index contributed by atoms with van der Waals surface area (Å²) in [4.78, 5) is 25.6. The molecule has 0 unspecified atom stereocenters. The van der Waals surface area contributed by atoms with Gasteiger partial charge in [-0.3, -0.25) is 9.59 Å². The Labute approximate surface area is 122 Å². The molecule has 0 bridgehead atoms. The minimum absolute atomic E-state index is 0.365. The van der Waals surface area contributed by atoms with E-state index >= 15 is 0 Å². The molecule has 0 heterocycles. The Morgan fingerprint density at radius 3 is 2.20 bits per heavy atom. The van der Waals surface area contributed by atoms with Gasteiger partial charge in [0.1, 0.15) is 0 Å². The van der Waals surface area contributed by atoms with E-state index in [1.807, 2.05) is 19.1 Å². The minimum atomic E-state index is -0.372. The number of hydrogen-bond donors (Lipinski definition) is 0. The van der Waals surface area contributed by atoms with Crippen molar-refractivity contribution < 1.29 is 9.59 Å². The predicted molar refractivity (Wildman–Crippen MR) is 80.1 cm³/mol. The maximum atomic E-state index is 12.6. The lowest BCUT2D eigenvalue weighted by atomic mass is 10.1. The number of benzene rings is 2. The van der Waals surface area contributed by atoms with E-state index in [1.54, 1.807) is 36.4 Å². The van der Waals surface area contributed by atoms with Gasteiger partial charge < -0.3 is 0 Å². The lowest BCUT2D eigenvalue weighted by molar-refractivity contribution is -0.115. The van der Waals surface area contributed by atoms with Crippen molar-refractivity contribution in [1.29, 1.82) is 0 Å². The maximum Gasteiger partial charge on any atom is 0.265 e. The zero-order chi connectivity index (χ0) is 14.7. The van der Waals surface area contributed by atoms with Gasteiger partial charge >= 0.3 is 0 Å². The molecular formula is C16H14ClNO2. The molecule has 0 saturated carbocycles. The second-order valence-electron chi connectivity index (χ2n) is 4.43. The molecule has 4 heteroatoms. The molecule has 20 heavy (non-hydrogen) atoms. The van der Waals surface area contributed by atoms with Crippen molar-refractivity contribution in [3.05, 3.63) is 64.7 Å². The molecule has 0 spiro atoms. The Morgan fingerprint density at radius 2 is 1.60 bits per heavy atom. The molecule has 0 radical (unpaired) electrons. The van der Waals surface area contributed by atoms with E-state index in [-0.39, 0.29) is 11.8 Å². The second-order valence-corrected chi connectivity index (χ2v) is 4.83. The molecule has 3 nitrogen and oxygen atoms in total. The quantitative estimate of drug-likeness (QED) is 0.841. The molecule has 2 aromatic carbocycles. The molecular weight excluding hydrogens is 274 g/mol. The molecule has 0 aliphatic rings. The highest BCUT2D eigenvalue weighted by Gasteiger charge is 2.24. The lowest BCUT2D eigenvalue weighted by Gasteiger charge is -2.21. The third kappa shape index (κ3) is 2.73. The Bertz CT molecular complexity index is 667. The summed E-state index contributed by atoms with van der Waals surface area (Å²) in [6, 6.07) is 13.9. The third-order valence-corrected chi connectivity index (χ3v) is 3.31. The van der Waals surface area contributed by atoms with Crippen molar-refractivity contribution in [1.82, 2.24) is 0 Å². The number of aryl methyl sites for hydroxylation is 1. The van der Waals surface area contributed by atoms with Crippen LogP contribution in [0.3, 0.4) is 0 Å². The van der Waals surface area contributed by atoms with Crippen LogP contribution in [0.1, 0.15) is 22.8 Å². The van der Waals surface area contributed by atoms with E-state index in [2.05, 4.69) is 0 Å². The van der Waals surface area contributed by atoms with Crippen molar-refractivity contribution in [2.24, 2.45) is 0 Å². The summed E-state index contributed by atoms with van der Waals surface area (Å²) in [5.41, 5.74) is 1.70. The second kappa shape index (κ2) is 5.88. The first-order chi connectivity index (χ1) is 9.52. The van der Waals surface area contributed by atoms with Crippen LogP contribution in [0, 0.1) is 6.92 Å². The average Bonchev–Trinajstić information content (AvgIpc) is 2.41. The first-order valence-corrected chi connectivity index (χ1v) is 6.55. The van der Waals surface area contributed by atoms with Crippen molar-refractivity contribution in [3.8, 4) is 0 Å². The smallest absolute Gasteiger partial charge is 0.265 e. The minimum Gasteiger partial charge on any atom is -0.274 e. The van der Waals surface area contributed by atoms with Gasteiger partial charge in [-0.2, -0.15) is 0 Å². The molecule has 0 aliphatic carbocycles.